The second-order valence-corrected chi connectivity index (χ2v) is 10.6. The summed E-state index contributed by atoms with van der Waals surface area (Å²) in [5.41, 5.74) is -1.19. The van der Waals surface area contributed by atoms with Crippen molar-refractivity contribution in [1.82, 2.24) is 9.80 Å². The van der Waals surface area contributed by atoms with Crippen LogP contribution in [0.5, 0.6) is 0 Å². The van der Waals surface area contributed by atoms with Gasteiger partial charge in [0, 0.05) is 13.0 Å². The zero-order valence-corrected chi connectivity index (χ0v) is 21.7. The highest BCUT2D eigenvalue weighted by atomic mass is 16.6. The van der Waals surface area contributed by atoms with Crippen LogP contribution in [0.2, 0.25) is 0 Å². The SMILES string of the molecule is COC(=O)[C@@H]1C[C@H](C)CN1C(=O)OC(C)(C)C.COC(=O)[C@@H]1C[C@H](O)CN1C(=O)OC(C)(C)C. The van der Waals surface area contributed by atoms with E-state index in [0.717, 1.165) is 0 Å². The predicted molar refractivity (Wildman–Crippen MR) is 122 cm³/mol. The number of carbonyl (C=O) groups excluding carboxylic acids is 4. The summed E-state index contributed by atoms with van der Waals surface area (Å²) in [7, 11) is 2.58. The number of rotatable bonds is 2. The van der Waals surface area contributed by atoms with Gasteiger partial charge in [0.25, 0.3) is 0 Å². The van der Waals surface area contributed by atoms with Crippen LogP contribution in [0.3, 0.4) is 0 Å². The Morgan fingerprint density at radius 3 is 1.50 bits per heavy atom. The Bertz CT molecular complexity index is 680. The second-order valence-electron chi connectivity index (χ2n) is 10.6. The van der Waals surface area contributed by atoms with Crippen molar-refractivity contribution in [2.24, 2.45) is 5.92 Å². The van der Waals surface area contributed by atoms with Crippen LogP contribution in [0.25, 0.3) is 0 Å². The summed E-state index contributed by atoms with van der Waals surface area (Å²) < 4.78 is 19.7. The monoisotopic (exact) mass is 488 g/mol. The molecular formula is C23H40N2O9. The van der Waals surface area contributed by atoms with Gasteiger partial charge in [-0.15, -0.1) is 0 Å². The van der Waals surface area contributed by atoms with Crippen molar-refractivity contribution in [1.29, 1.82) is 0 Å². The molecule has 2 aliphatic heterocycles. The van der Waals surface area contributed by atoms with Crippen LogP contribution in [0, 0.1) is 5.92 Å². The van der Waals surface area contributed by atoms with Crippen LogP contribution < -0.4 is 0 Å². The van der Waals surface area contributed by atoms with E-state index in [4.69, 9.17) is 14.2 Å². The van der Waals surface area contributed by atoms with Gasteiger partial charge in [0.2, 0.25) is 0 Å². The van der Waals surface area contributed by atoms with E-state index in [-0.39, 0.29) is 24.9 Å². The van der Waals surface area contributed by atoms with Crippen molar-refractivity contribution in [3.63, 3.8) is 0 Å². The van der Waals surface area contributed by atoms with Gasteiger partial charge < -0.3 is 24.1 Å². The summed E-state index contributed by atoms with van der Waals surface area (Å²) in [5, 5.41) is 9.50. The quantitative estimate of drug-likeness (QED) is 0.459. The minimum atomic E-state index is -0.759. The van der Waals surface area contributed by atoms with Crippen LogP contribution >= 0.6 is 0 Å². The number of β-amino-alcohol motifs (C(OH)–C–C–N with tert-alkyl or cyclic N) is 1. The van der Waals surface area contributed by atoms with E-state index in [2.05, 4.69) is 4.74 Å². The van der Waals surface area contributed by atoms with Gasteiger partial charge in [0.15, 0.2) is 0 Å². The van der Waals surface area contributed by atoms with Crippen molar-refractivity contribution < 1.29 is 43.2 Å². The molecule has 0 unspecified atom stereocenters. The number of hydrogen-bond donors (Lipinski definition) is 1. The topological polar surface area (TPSA) is 132 Å². The Hall–Kier alpha value is -2.56. The molecule has 0 radical (unpaired) electrons. The number of amides is 2. The molecule has 0 bridgehead atoms. The van der Waals surface area contributed by atoms with E-state index in [1.165, 1.54) is 24.0 Å². The number of carbonyl (C=O) groups is 4. The first-order valence-corrected chi connectivity index (χ1v) is 11.3. The molecule has 0 spiro atoms. The maximum atomic E-state index is 11.9. The van der Waals surface area contributed by atoms with Gasteiger partial charge in [0.05, 0.1) is 26.9 Å². The lowest BCUT2D eigenvalue weighted by Crippen LogP contribution is -2.43. The summed E-state index contributed by atoms with van der Waals surface area (Å²) >= 11 is 0. The first-order valence-electron chi connectivity index (χ1n) is 11.3. The number of nitrogens with zero attached hydrogens (tertiary/aromatic N) is 2. The molecule has 2 rings (SSSR count). The number of likely N-dealkylation sites (tertiary alicyclic amines) is 2. The van der Waals surface area contributed by atoms with Crippen LogP contribution in [0.15, 0.2) is 0 Å². The molecule has 2 amide bonds. The summed E-state index contributed by atoms with van der Waals surface area (Å²) in [6.45, 7) is 13.3. The molecule has 196 valence electrons. The lowest BCUT2D eigenvalue weighted by Gasteiger charge is -2.27. The summed E-state index contributed by atoms with van der Waals surface area (Å²) in [6.07, 6.45) is -0.953. The van der Waals surface area contributed by atoms with Gasteiger partial charge in [-0.1, -0.05) is 6.92 Å². The van der Waals surface area contributed by atoms with Crippen molar-refractivity contribution in [3.8, 4) is 0 Å². The van der Waals surface area contributed by atoms with Crippen molar-refractivity contribution in [2.45, 2.75) is 90.7 Å². The zero-order chi connectivity index (χ0) is 26.4. The summed E-state index contributed by atoms with van der Waals surface area (Å²) in [5.74, 6) is -0.626. The highest BCUT2D eigenvalue weighted by Gasteiger charge is 2.42. The molecule has 2 saturated heterocycles. The maximum Gasteiger partial charge on any atom is 0.411 e. The van der Waals surface area contributed by atoms with Crippen molar-refractivity contribution in [2.75, 3.05) is 27.3 Å². The van der Waals surface area contributed by atoms with Crippen LogP contribution in [0.4, 0.5) is 9.59 Å². The van der Waals surface area contributed by atoms with Gasteiger partial charge >= 0.3 is 24.1 Å². The van der Waals surface area contributed by atoms with Gasteiger partial charge in [-0.3, -0.25) is 9.80 Å². The Morgan fingerprint density at radius 1 is 0.735 bits per heavy atom. The number of aliphatic hydroxyl groups is 1. The van der Waals surface area contributed by atoms with Crippen LogP contribution in [0.1, 0.15) is 61.3 Å². The number of ether oxygens (including phenoxy) is 4. The predicted octanol–water partition coefficient (Wildman–Crippen LogP) is 2.33. The molecule has 0 aromatic carbocycles. The van der Waals surface area contributed by atoms with Crippen LogP contribution in [-0.2, 0) is 28.5 Å². The van der Waals surface area contributed by atoms with E-state index in [1.54, 1.807) is 41.5 Å². The standard InChI is InChI=1S/C12H21NO4.C11H19NO5/c1-8-6-9(10(14)16-5)13(7-8)11(15)17-12(2,3)4;1-11(2,3)17-10(15)12-6-7(13)5-8(12)9(14)16-4/h8-9H,6-7H2,1-5H3;7-8,13H,5-6H2,1-4H3/t8-,9-;7-,8-/m00/s1. The highest BCUT2D eigenvalue weighted by Crippen LogP contribution is 2.26. The van der Waals surface area contributed by atoms with Gasteiger partial charge in [-0.2, -0.15) is 0 Å². The van der Waals surface area contributed by atoms with Gasteiger partial charge in [-0.05, 0) is 53.9 Å². The molecule has 0 aromatic heterocycles. The minimum absolute atomic E-state index is 0.0919. The third kappa shape index (κ3) is 9.00. The van der Waals surface area contributed by atoms with Gasteiger partial charge in [-0.25, -0.2) is 19.2 Å². The fourth-order valence-electron chi connectivity index (χ4n) is 3.62. The lowest BCUT2D eigenvalue weighted by atomic mass is 10.1. The second kappa shape index (κ2) is 11.7. The van der Waals surface area contributed by atoms with Crippen LogP contribution in [-0.4, -0.2) is 95.7 Å². The first-order chi connectivity index (χ1) is 15.5. The molecule has 0 aromatic rings. The Kier molecular flexibility index (Phi) is 10.2. The average Bonchev–Trinajstić information content (AvgIpc) is 3.27. The molecule has 4 atom stereocenters. The zero-order valence-electron chi connectivity index (χ0n) is 21.7. The van der Waals surface area contributed by atoms with E-state index >= 15 is 0 Å². The lowest BCUT2D eigenvalue weighted by molar-refractivity contribution is -0.146. The summed E-state index contributed by atoms with van der Waals surface area (Å²) in [6, 6.07) is -1.27. The van der Waals surface area contributed by atoms with E-state index in [9.17, 15) is 24.3 Å². The molecular weight excluding hydrogens is 448 g/mol. The molecule has 2 aliphatic rings. The van der Waals surface area contributed by atoms with E-state index in [1.807, 2.05) is 6.92 Å². The molecule has 2 heterocycles. The third-order valence-electron chi connectivity index (χ3n) is 4.99. The maximum absolute atomic E-state index is 11.9. The molecule has 0 aliphatic carbocycles. The fraction of sp³-hybridized carbons (Fsp3) is 0.826. The number of esters is 2. The number of aliphatic hydroxyl groups excluding tert-OH is 1. The van der Waals surface area contributed by atoms with Gasteiger partial charge in [0.1, 0.15) is 23.3 Å². The third-order valence-corrected chi connectivity index (χ3v) is 4.99. The Balaban J connectivity index is 0.000000340. The molecule has 34 heavy (non-hydrogen) atoms. The number of hydrogen-bond acceptors (Lipinski definition) is 9. The normalized spacial score (nSPS) is 24.6. The fourth-order valence-corrected chi connectivity index (χ4v) is 3.62. The smallest absolute Gasteiger partial charge is 0.411 e. The average molecular weight is 489 g/mol. The first kappa shape index (κ1) is 29.5. The Labute approximate surface area is 201 Å². The molecule has 1 N–H and O–H groups in total. The molecule has 0 saturated carbocycles. The largest absolute Gasteiger partial charge is 0.467 e. The number of methoxy groups -OCH3 is 2. The van der Waals surface area contributed by atoms with Crippen molar-refractivity contribution in [3.05, 3.63) is 0 Å². The van der Waals surface area contributed by atoms with E-state index in [0.29, 0.717) is 13.0 Å². The van der Waals surface area contributed by atoms with Crippen molar-refractivity contribution >= 4 is 24.1 Å². The molecule has 2 fully saturated rings. The summed E-state index contributed by atoms with van der Waals surface area (Å²) in [4.78, 5) is 49.5. The molecule has 11 nitrogen and oxygen atoms in total. The Morgan fingerprint density at radius 2 is 1.12 bits per heavy atom. The highest BCUT2D eigenvalue weighted by molar-refractivity contribution is 5.83. The van der Waals surface area contributed by atoms with E-state index < -0.39 is 47.5 Å². The minimum Gasteiger partial charge on any atom is -0.467 e. The molecule has 11 heteroatoms.